The summed E-state index contributed by atoms with van der Waals surface area (Å²) in [5.74, 6) is -0.448. The van der Waals surface area contributed by atoms with Crippen LogP contribution in [0.25, 0.3) is 0 Å². The molecule has 4 nitrogen and oxygen atoms in total. The number of hydrogen-bond acceptors (Lipinski definition) is 4. The number of aliphatic hydroxyl groups excluding tert-OH is 1. The van der Waals surface area contributed by atoms with Gasteiger partial charge in [0, 0.05) is 24.3 Å². The van der Waals surface area contributed by atoms with Crippen molar-refractivity contribution < 1.29 is 19.4 Å². The summed E-state index contributed by atoms with van der Waals surface area (Å²) in [4.78, 5) is 24.2. The second kappa shape index (κ2) is 15.5. The summed E-state index contributed by atoms with van der Waals surface area (Å²) in [5.41, 5.74) is 3.41. The van der Waals surface area contributed by atoms with Crippen LogP contribution in [-0.2, 0) is 14.3 Å². The van der Waals surface area contributed by atoms with E-state index in [0.717, 1.165) is 24.0 Å². The highest BCUT2D eigenvalue weighted by molar-refractivity contribution is 5.85. The van der Waals surface area contributed by atoms with Gasteiger partial charge in [0.05, 0.1) is 6.10 Å². The van der Waals surface area contributed by atoms with Crippen LogP contribution in [0.5, 0.6) is 0 Å². The lowest BCUT2D eigenvalue weighted by Crippen LogP contribution is -2.34. The average molecular weight is 483 g/mol. The number of esters is 1. The predicted octanol–water partition coefficient (Wildman–Crippen LogP) is 7.08. The van der Waals surface area contributed by atoms with Gasteiger partial charge in [-0.15, -0.1) is 0 Å². The van der Waals surface area contributed by atoms with E-state index in [9.17, 15) is 14.7 Å². The zero-order valence-electron chi connectivity index (χ0n) is 23.0. The smallest absolute Gasteiger partial charge is 0.331 e. The molecule has 4 heteroatoms. The van der Waals surface area contributed by atoms with E-state index in [0.29, 0.717) is 12.3 Å². The number of ketones is 1. The Bertz CT molecular complexity index is 884. The van der Waals surface area contributed by atoms with Gasteiger partial charge < -0.3 is 9.84 Å². The number of hydrogen-bond donors (Lipinski definition) is 1. The van der Waals surface area contributed by atoms with Crippen molar-refractivity contribution in [1.29, 1.82) is 0 Å². The van der Waals surface area contributed by atoms with Gasteiger partial charge in [-0.1, -0.05) is 86.9 Å². The lowest BCUT2D eigenvalue weighted by atomic mass is 9.83. The van der Waals surface area contributed by atoms with Crippen LogP contribution in [0.15, 0.2) is 71.4 Å². The minimum Gasteiger partial charge on any atom is -0.455 e. The predicted molar refractivity (Wildman–Crippen MR) is 146 cm³/mol. The minimum absolute atomic E-state index is 0.0460. The third kappa shape index (κ3) is 11.7. The molecule has 0 aliphatic carbocycles. The maximum atomic E-state index is 12.9. The molecule has 0 saturated carbocycles. The minimum atomic E-state index is -0.643. The van der Waals surface area contributed by atoms with Gasteiger partial charge in [-0.05, 0) is 58.4 Å². The maximum absolute atomic E-state index is 12.9. The highest BCUT2D eigenvalue weighted by Gasteiger charge is 2.29. The Balaban J connectivity index is 2.59. The number of Topliss-reactive ketones (excluding diaryl/α,β-unsaturated/α-hetero) is 1. The van der Waals surface area contributed by atoms with Crippen molar-refractivity contribution in [2.45, 2.75) is 86.9 Å². The first kappa shape index (κ1) is 30.6. The van der Waals surface area contributed by atoms with Crippen molar-refractivity contribution in [3.8, 4) is 0 Å². The maximum Gasteiger partial charge on any atom is 0.331 e. The van der Waals surface area contributed by atoms with Crippen molar-refractivity contribution in [3.63, 3.8) is 0 Å². The summed E-state index contributed by atoms with van der Waals surface area (Å²) < 4.78 is 5.24. The molecular formula is C31H46O4. The Morgan fingerprint density at radius 1 is 1.11 bits per heavy atom. The Labute approximate surface area is 213 Å². The number of ether oxygens (including phenoxy) is 1. The second-order valence-corrected chi connectivity index (χ2v) is 10.2. The molecule has 0 amide bonds. The van der Waals surface area contributed by atoms with Gasteiger partial charge in [-0.2, -0.15) is 0 Å². The van der Waals surface area contributed by atoms with Crippen molar-refractivity contribution in [2.24, 2.45) is 23.7 Å². The van der Waals surface area contributed by atoms with Gasteiger partial charge in [0.15, 0.2) is 0 Å². The largest absolute Gasteiger partial charge is 0.455 e. The van der Waals surface area contributed by atoms with Crippen LogP contribution >= 0.6 is 0 Å². The Kier molecular flexibility index (Phi) is 13.6. The standard InChI is InChI=1S/C31H46O4/c1-9-21(2)19-25(6)30(33)27(8)31(34)26(7)20-23(4)13-10-12-22(3)18-24(5)16-17-28-14-11-15-29(32)35-28/h9-11,13,15-18,20,22,25-28,30,33H,12,14,19H2,1-8H3/b13-10+,17-16+,21-9+,23-20+,24-18-/t22-,25+,26+,27-,28+,30+/m1/s1. The van der Waals surface area contributed by atoms with Gasteiger partial charge in [0.1, 0.15) is 11.9 Å². The van der Waals surface area contributed by atoms with Crippen LogP contribution in [-0.4, -0.2) is 29.1 Å². The lowest BCUT2D eigenvalue weighted by Gasteiger charge is -2.25. The molecule has 0 aromatic heterocycles. The number of aliphatic hydroxyl groups is 1. The molecule has 0 aromatic carbocycles. The first-order valence-electron chi connectivity index (χ1n) is 12.9. The Morgan fingerprint density at radius 3 is 2.40 bits per heavy atom. The van der Waals surface area contributed by atoms with Crippen LogP contribution in [0.1, 0.15) is 74.7 Å². The summed E-state index contributed by atoms with van der Waals surface area (Å²) in [5, 5.41) is 10.7. The topological polar surface area (TPSA) is 63.6 Å². The van der Waals surface area contributed by atoms with Crippen molar-refractivity contribution in [3.05, 3.63) is 71.4 Å². The number of cyclic esters (lactones) is 1. The van der Waals surface area contributed by atoms with E-state index in [4.69, 9.17) is 4.74 Å². The summed E-state index contributed by atoms with van der Waals surface area (Å²) in [6.45, 7) is 16.0. The van der Waals surface area contributed by atoms with E-state index in [-0.39, 0.29) is 29.7 Å². The number of carbonyl (C=O) groups excluding carboxylic acids is 2. The summed E-state index contributed by atoms with van der Waals surface area (Å²) >= 11 is 0. The van der Waals surface area contributed by atoms with E-state index >= 15 is 0 Å². The van der Waals surface area contributed by atoms with Crippen LogP contribution in [0.2, 0.25) is 0 Å². The van der Waals surface area contributed by atoms with Crippen molar-refractivity contribution in [2.75, 3.05) is 0 Å². The molecule has 0 radical (unpaired) electrons. The molecule has 0 unspecified atom stereocenters. The quantitative estimate of drug-likeness (QED) is 0.173. The molecule has 0 aromatic rings. The molecule has 1 heterocycles. The third-order valence-corrected chi connectivity index (χ3v) is 6.54. The molecule has 194 valence electrons. The average Bonchev–Trinajstić information content (AvgIpc) is 2.81. The molecule has 1 aliphatic heterocycles. The van der Waals surface area contributed by atoms with Crippen molar-refractivity contribution in [1.82, 2.24) is 0 Å². The molecule has 0 fully saturated rings. The van der Waals surface area contributed by atoms with Crippen molar-refractivity contribution >= 4 is 11.8 Å². The fourth-order valence-electron chi connectivity index (χ4n) is 4.31. The van der Waals surface area contributed by atoms with E-state index in [1.165, 1.54) is 11.6 Å². The summed E-state index contributed by atoms with van der Waals surface area (Å²) in [6.07, 6.45) is 19.2. The van der Waals surface area contributed by atoms with Gasteiger partial charge in [-0.25, -0.2) is 4.79 Å². The number of rotatable bonds is 13. The Morgan fingerprint density at radius 2 is 1.77 bits per heavy atom. The molecule has 0 saturated heterocycles. The van der Waals surface area contributed by atoms with E-state index in [1.54, 1.807) is 0 Å². The second-order valence-electron chi connectivity index (χ2n) is 10.2. The zero-order chi connectivity index (χ0) is 26.5. The molecule has 1 aliphatic rings. The fraction of sp³-hybridized carbons (Fsp3) is 0.548. The molecule has 1 N–H and O–H groups in total. The Hall–Kier alpha value is -2.46. The van der Waals surface area contributed by atoms with E-state index < -0.39 is 12.0 Å². The molecule has 6 atom stereocenters. The first-order valence-corrected chi connectivity index (χ1v) is 12.9. The molecule has 0 spiro atoms. The normalized spacial score (nSPS) is 22.3. The molecular weight excluding hydrogens is 436 g/mol. The van der Waals surface area contributed by atoms with E-state index in [2.05, 4.69) is 38.2 Å². The van der Waals surface area contributed by atoms with Gasteiger partial charge in [0.2, 0.25) is 0 Å². The zero-order valence-corrected chi connectivity index (χ0v) is 23.0. The molecule has 0 bridgehead atoms. The van der Waals surface area contributed by atoms with Crippen LogP contribution in [0, 0.1) is 23.7 Å². The fourth-order valence-corrected chi connectivity index (χ4v) is 4.31. The monoisotopic (exact) mass is 482 g/mol. The number of allylic oxidation sites excluding steroid dienone is 9. The highest BCUT2D eigenvalue weighted by Crippen LogP contribution is 2.24. The van der Waals surface area contributed by atoms with E-state index in [1.807, 2.05) is 65.8 Å². The van der Waals surface area contributed by atoms with Crippen LogP contribution < -0.4 is 0 Å². The third-order valence-electron chi connectivity index (χ3n) is 6.54. The molecule has 1 rings (SSSR count). The lowest BCUT2D eigenvalue weighted by molar-refractivity contribution is -0.141. The van der Waals surface area contributed by atoms with Gasteiger partial charge in [-0.3, -0.25) is 4.79 Å². The summed E-state index contributed by atoms with van der Waals surface area (Å²) in [7, 11) is 0. The van der Waals surface area contributed by atoms with Gasteiger partial charge in [0.25, 0.3) is 0 Å². The SMILES string of the molecule is C/C=C(\C)C[C@H](C)[C@H](O)[C@@H](C)C(=O)[C@@H](C)/C=C(C)/C=C/C[C@@H](C)/C=C(C)\C=C\[C@@H]1CC=CC(=O)O1. The highest BCUT2D eigenvalue weighted by atomic mass is 16.5. The number of carbonyl (C=O) groups is 2. The van der Waals surface area contributed by atoms with Gasteiger partial charge >= 0.3 is 5.97 Å². The van der Waals surface area contributed by atoms with Crippen LogP contribution in [0.4, 0.5) is 0 Å². The molecule has 35 heavy (non-hydrogen) atoms. The van der Waals surface area contributed by atoms with Crippen LogP contribution in [0.3, 0.4) is 0 Å². The summed E-state index contributed by atoms with van der Waals surface area (Å²) in [6, 6.07) is 0. The first-order chi connectivity index (χ1) is 16.4.